The number of aromatic nitrogens is 2. The highest BCUT2D eigenvalue weighted by Gasteiger charge is 2.12. The third-order valence-corrected chi connectivity index (χ3v) is 5.24. The predicted molar refractivity (Wildman–Crippen MR) is 106 cm³/mol. The Labute approximate surface area is 162 Å². The Morgan fingerprint density at radius 2 is 1.89 bits per heavy atom. The number of halogens is 1. The maximum atomic E-state index is 13.4. The molecule has 1 aliphatic heterocycles. The van der Waals surface area contributed by atoms with Gasteiger partial charge in [-0.05, 0) is 50.1 Å². The molecule has 0 bridgehead atoms. The van der Waals surface area contributed by atoms with E-state index in [1.165, 1.54) is 31.4 Å². The van der Waals surface area contributed by atoms with Gasteiger partial charge in [-0.25, -0.2) is 14.4 Å². The molecule has 0 N–H and O–H groups in total. The van der Waals surface area contributed by atoms with E-state index in [0.717, 1.165) is 30.7 Å². The van der Waals surface area contributed by atoms with Crippen LogP contribution in [0.2, 0.25) is 0 Å². The number of ether oxygens (including phenoxy) is 1. The maximum Gasteiger partial charge on any atom is 0.249 e. The van der Waals surface area contributed by atoms with Crippen molar-refractivity contribution in [3.05, 3.63) is 52.1 Å². The monoisotopic (exact) mass is 381 g/mol. The van der Waals surface area contributed by atoms with Crippen LogP contribution in [-0.4, -0.2) is 41.1 Å². The first-order chi connectivity index (χ1) is 13.3. The molecule has 1 aromatic carbocycles. The van der Waals surface area contributed by atoms with E-state index in [2.05, 4.69) is 26.7 Å². The number of rotatable bonds is 4. The second kappa shape index (κ2) is 8.47. The fourth-order valence-electron chi connectivity index (χ4n) is 3.12. The second-order valence-electron chi connectivity index (χ2n) is 6.53. The zero-order valence-corrected chi connectivity index (χ0v) is 15.8. The molecule has 1 fully saturated rings. The summed E-state index contributed by atoms with van der Waals surface area (Å²) in [5, 5.41) is 3.89. The number of fused-ring (bicyclic) bond motifs is 1. The molecule has 138 valence electrons. The van der Waals surface area contributed by atoms with Crippen LogP contribution in [0.1, 0.15) is 30.5 Å². The van der Waals surface area contributed by atoms with E-state index in [0.29, 0.717) is 23.7 Å². The van der Waals surface area contributed by atoms with Crippen molar-refractivity contribution in [2.24, 2.45) is 0 Å². The van der Waals surface area contributed by atoms with Crippen LogP contribution in [0.25, 0.3) is 11.0 Å². The smallest absolute Gasteiger partial charge is 0.249 e. The highest BCUT2D eigenvalue weighted by molar-refractivity contribution is 7.09. The third kappa shape index (κ3) is 4.62. The number of hydrogen-bond donors (Lipinski definition) is 0. The van der Waals surface area contributed by atoms with Crippen molar-refractivity contribution < 1.29 is 9.13 Å². The van der Waals surface area contributed by atoms with E-state index >= 15 is 0 Å². The molecule has 4 rings (SSSR count). The Balaban J connectivity index is 1.54. The van der Waals surface area contributed by atoms with Crippen molar-refractivity contribution in [3.63, 3.8) is 0 Å². The van der Waals surface area contributed by atoms with E-state index in [4.69, 9.17) is 4.74 Å². The average Bonchev–Trinajstić information content (AvgIpc) is 3.14. The number of hydrogen-bond acceptors (Lipinski definition) is 5. The van der Waals surface area contributed by atoms with Crippen LogP contribution in [0.3, 0.4) is 0 Å². The molecule has 4 nitrogen and oxygen atoms in total. The molecule has 0 atom stereocenters. The lowest BCUT2D eigenvalue weighted by Gasteiger charge is -2.26. The molecule has 3 heterocycles. The molecule has 0 saturated carbocycles. The summed E-state index contributed by atoms with van der Waals surface area (Å²) in [7, 11) is 0. The van der Waals surface area contributed by atoms with E-state index in [1.807, 2.05) is 10.8 Å². The Kier molecular flexibility index (Phi) is 5.61. The average molecular weight is 381 g/mol. The number of piperidine rings is 1. The molecule has 0 amide bonds. The fourth-order valence-corrected chi connectivity index (χ4v) is 3.79. The number of thiophene rings is 1. The number of benzene rings is 1. The normalized spacial score (nSPS) is 14.7. The van der Waals surface area contributed by atoms with Crippen LogP contribution < -0.4 is 4.74 Å². The Morgan fingerprint density at radius 1 is 1.07 bits per heavy atom. The van der Waals surface area contributed by atoms with Crippen LogP contribution in [0.15, 0.2) is 35.0 Å². The van der Waals surface area contributed by atoms with Crippen LogP contribution in [0.4, 0.5) is 4.39 Å². The van der Waals surface area contributed by atoms with Gasteiger partial charge < -0.3 is 4.74 Å². The molecular weight excluding hydrogens is 361 g/mol. The highest BCUT2D eigenvalue weighted by Crippen LogP contribution is 2.21. The van der Waals surface area contributed by atoms with E-state index in [9.17, 15) is 4.39 Å². The summed E-state index contributed by atoms with van der Waals surface area (Å²) >= 11 is 1.55. The van der Waals surface area contributed by atoms with Gasteiger partial charge in [-0.1, -0.05) is 18.4 Å². The standard InChI is InChI=1S/C21H20FN3OS/c22-17-6-4-5-16(13-17)7-8-18-21(24-20-15-27-14-19(20)23-18)26-12-11-25-9-2-1-3-10-25/h4-6,13-15H,1-3,9-12H2. The molecule has 1 saturated heterocycles. The summed E-state index contributed by atoms with van der Waals surface area (Å²) in [4.78, 5) is 11.6. The quantitative estimate of drug-likeness (QED) is 0.638. The molecule has 27 heavy (non-hydrogen) atoms. The number of likely N-dealkylation sites (tertiary alicyclic amines) is 1. The molecule has 0 unspecified atom stereocenters. The molecule has 0 aliphatic carbocycles. The molecule has 6 heteroatoms. The van der Waals surface area contributed by atoms with Crippen molar-refractivity contribution >= 4 is 22.4 Å². The summed E-state index contributed by atoms with van der Waals surface area (Å²) in [6, 6.07) is 6.21. The van der Waals surface area contributed by atoms with Gasteiger partial charge in [-0.15, -0.1) is 11.3 Å². The second-order valence-corrected chi connectivity index (χ2v) is 7.27. The van der Waals surface area contributed by atoms with Crippen molar-refractivity contribution in [2.45, 2.75) is 19.3 Å². The molecule has 1 aliphatic rings. The van der Waals surface area contributed by atoms with Gasteiger partial charge in [-0.3, -0.25) is 4.90 Å². The topological polar surface area (TPSA) is 38.3 Å². The van der Waals surface area contributed by atoms with Gasteiger partial charge >= 0.3 is 0 Å². The minimum Gasteiger partial charge on any atom is -0.474 e. The lowest BCUT2D eigenvalue weighted by molar-refractivity contribution is 0.180. The van der Waals surface area contributed by atoms with E-state index < -0.39 is 0 Å². The van der Waals surface area contributed by atoms with Crippen LogP contribution in [0.5, 0.6) is 5.88 Å². The van der Waals surface area contributed by atoms with Gasteiger partial charge in [0.25, 0.3) is 0 Å². The van der Waals surface area contributed by atoms with Crippen molar-refractivity contribution in [1.29, 1.82) is 0 Å². The van der Waals surface area contributed by atoms with Crippen molar-refractivity contribution in [3.8, 4) is 17.7 Å². The molecule has 3 aromatic rings. The SMILES string of the molecule is Fc1cccc(C#Cc2nc3cscc3nc2OCCN2CCCCC2)c1. The predicted octanol–water partition coefficient (Wildman–Crippen LogP) is 4.09. The lowest BCUT2D eigenvalue weighted by Crippen LogP contribution is -2.33. The minimum absolute atomic E-state index is 0.306. The van der Waals surface area contributed by atoms with Gasteiger partial charge in [0.05, 0.1) is 0 Å². The summed E-state index contributed by atoms with van der Waals surface area (Å²) < 4.78 is 19.3. The molecule has 0 radical (unpaired) electrons. The number of nitrogens with zero attached hydrogens (tertiary/aromatic N) is 3. The third-order valence-electron chi connectivity index (χ3n) is 4.52. The summed E-state index contributed by atoms with van der Waals surface area (Å²) in [6.45, 7) is 3.69. The summed E-state index contributed by atoms with van der Waals surface area (Å²) in [5.41, 5.74) is 2.70. The Morgan fingerprint density at radius 3 is 2.70 bits per heavy atom. The zero-order valence-electron chi connectivity index (χ0n) is 14.9. The van der Waals surface area contributed by atoms with Gasteiger partial charge in [0.15, 0.2) is 5.69 Å². The highest BCUT2D eigenvalue weighted by atomic mass is 32.1. The van der Waals surface area contributed by atoms with Crippen LogP contribution in [-0.2, 0) is 0 Å². The van der Waals surface area contributed by atoms with E-state index in [1.54, 1.807) is 23.5 Å². The van der Waals surface area contributed by atoms with Crippen LogP contribution in [0, 0.1) is 17.7 Å². The van der Waals surface area contributed by atoms with Gasteiger partial charge in [-0.2, -0.15) is 0 Å². The first-order valence-electron chi connectivity index (χ1n) is 9.15. The first-order valence-corrected chi connectivity index (χ1v) is 10.1. The zero-order chi connectivity index (χ0) is 18.5. The maximum absolute atomic E-state index is 13.4. The summed E-state index contributed by atoms with van der Waals surface area (Å²) in [6.07, 6.45) is 3.83. The van der Waals surface area contributed by atoms with Gasteiger partial charge in [0.1, 0.15) is 23.5 Å². The Hall–Kier alpha value is -2.49. The molecular formula is C21H20FN3OS. The van der Waals surface area contributed by atoms with Crippen molar-refractivity contribution in [2.75, 3.05) is 26.2 Å². The lowest BCUT2D eigenvalue weighted by atomic mass is 10.1. The van der Waals surface area contributed by atoms with Crippen molar-refractivity contribution in [1.82, 2.24) is 14.9 Å². The Bertz CT molecular complexity index is 986. The molecule has 2 aromatic heterocycles. The van der Waals surface area contributed by atoms with Gasteiger partial charge in [0, 0.05) is 22.9 Å². The minimum atomic E-state index is -0.306. The van der Waals surface area contributed by atoms with E-state index in [-0.39, 0.29) is 5.82 Å². The summed E-state index contributed by atoms with van der Waals surface area (Å²) in [5.74, 6) is 6.10. The largest absolute Gasteiger partial charge is 0.474 e. The van der Waals surface area contributed by atoms with Crippen LogP contribution >= 0.6 is 11.3 Å². The van der Waals surface area contributed by atoms with Gasteiger partial charge in [0.2, 0.25) is 5.88 Å². The molecule has 0 spiro atoms. The fraction of sp³-hybridized carbons (Fsp3) is 0.333. The first kappa shape index (κ1) is 17.9.